The van der Waals surface area contributed by atoms with Gasteiger partial charge in [0, 0.05) is 41.7 Å². The number of Topliss-reactive ketones (excluding diaryl/α,β-unsaturated/α-hetero) is 1. The largest absolute Gasteiger partial charge is 0.484 e. The van der Waals surface area contributed by atoms with Gasteiger partial charge >= 0.3 is 6.18 Å². The lowest BCUT2D eigenvalue weighted by atomic mass is 9.78. The van der Waals surface area contributed by atoms with Crippen molar-refractivity contribution in [2.24, 2.45) is 5.41 Å². The molecule has 0 amide bonds. The zero-order valence-electron chi connectivity index (χ0n) is 16.0. The van der Waals surface area contributed by atoms with Crippen LogP contribution in [0.4, 0.5) is 13.2 Å². The van der Waals surface area contributed by atoms with Crippen LogP contribution < -0.4 is 4.74 Å². The van der Waals surface area contributed by atoms with E-state index in [1.54, 1.807) is 6.20 Å². The highest BCUT2D eigenvalue weighted by molar-refractivity contribution is 7.09. The summed E-state index contributed by atoms with van der Waals surface area (Å²) >= 11 is 1.49. The molecule has 152 valence electrons. The summed E-state index contributed by atoms with van der Waals surface area (Å²) < 4.78 is 42.8. The maximum Gasteiger partial charge on any atom is 0.422 e. The summed E-state index contributed by atoms with van der Waals surface area (Å²) in [6, 6.07) is 1.36. The number of pyridine rings is 1. The zero-order valence-corrected chi connectivity index (χ0v) is 16.9. The van der Waals surface area contributed by atoms with Crippen LogP contribution in [-0.4, -0.2) is 28.5 Å². The predicted octanol–water partition coefficient (Wildman–Crippen LogP) is 5.76. The van der Waals surface area contributed by atoms with Crippen molar-refractivity contribution in [1.82, 2.24) is 9.97 Å². The van der Waals surface area contributed by atoms with Gasteiger partial charge in [0.05, 0.1) is 5.01 Å². The Morgan fingerprint density at radius 1 is 1.29 bits per heavy atom. The van der Waals surface area contributed by atoms with Crippen molar-refractivity contribution in [1.29, 1.82) is 0 Å². The lowest BCUT2D eigenvalue weighted by Crippen LogP contribution is -2.22. The molecule has 0 saturated heterocycles. The SMILES string of the molecule is CC(C)(C)C(CC(=O)c1cc(OCC(F)(F)F)c(C2CC2)cn1)c1nccs1. The summed E-state index contributed by atoms with van der Waals surface area (Å²) in [5.74, 6) is -0.0592. The molecule has 2 heterocycles. The molecule has 2 aromatic rings. The highest BCUT2D eigenvalue weighted by Gasteiger charge is 2.34. The average molecular weight is 412 g/mol. The van der Waals surface area contributed by atoms with E-state index in [2.05, 4.69) is 9.97 Å². The van der Waals surface area contributed by atoms with Crippen LogP contribution >= 0.6 is 11.3 Å². The van der Waals surface area contributed by atoms with Crippen molar-refractivity contribution in [3.05, 3.63) is 40.1 Å². The van der Waals surface area contributed by atoms with Gasteiger partial charge < -0.3 is 4.74 Å². The summed E-state index contributed by atoms with van der Waals surface area (Å²) in [7, 11) is 0. The molecular formula is C20H23F3N2O2S. The first kappa shape index (κ1) is 20.8. The third-order valence-corrected chi connectivity index (χ3v) is 5.66. The van der Waals surface area contributed by atoms with Crippen molar-refractivity contribution in [2.45, 2.75) is 58.0 Å². The van der Waals surface area contributed by atoms with Crippen LogP contribution in [0.1, 0.15) is 72.9 Å². The molecule has 1 aliphatic carbocycles. The third kappa shape index (κ3) is 5.31. The number of rotatable bonds is 7. The molecule has 0 spiro atoms. The monoisotopic (exact) mass is 412 g/mol. The Morgan fingerprint density at radius 3 is 2.54 bits per heavy atom. The summed E-state index contributed by atoms with van der Waals surface area (Å²) in [5, 5.41) is 2.73. The number of alkyl halides is 3. The molecule has 1 aliphatic rings. The maximum atomic E-state index is 12.9. The second kappa shape index (κ2) is 7.81. The van der Waals surface area contributed by atoms with Crippen molar-refractivity contribution in [3.63, 3.8) is 0 Å². The number of ketones is 1. The lowest BCUT2D eigenvalue weighted by Gasteiger charge is -2.28. The van der Waals surface area contributed by atoms with Gasteiger partial charge in [0.15, 0.2) is 12.4 Å². The molecule has 1 unspecified atom stereocenters. The minimum atomic E-state index is -4.43. The molecule has 0 N–H and O–H groups in total. The Bertz CT molecular complexity index is 825. The van der Waals surface area contributed by atoms with E-state index in [-0.39, 0.29) is 40.9 Å². The van der Waals surface area contributed by atoms with Crippen molar-refractivity contribution in [3.8, 4) is 5.75 Å². The number of carbonyl (C=O) groups excluding carboxylic acids is 1. The lowest BCUT2D eigenvalue weighted by molar-refractivity contribution is -0.153. The average Bonchev–Trinajstić information content (AvgIpc) is 3.30. The Labute approximate surface area is 166 Å². The van der Waals surface area contributed by atoms with Crippen LogP contribution in [0, 0.1) is 5.41 Å². The van der Waals surface area contributed by atoms with Crippen LogP contribution in [-0.2, 0) is 0 Å². The molecule has 4 nitrogen and oxygen atoms in total. The second-order valence-corrected chi connectivity index (χ2v) is 9.13. The first-order valence-electron chi connectivity index (χ1n) is 9.16. The van der Waals surface area contributed by atoms with Gasteiger partial charge in [0.25, 0.3) is 0 Å². The van der Waals surface area contributed by atoms with Gasteiger partial charge in [-0.25, -0.2) is 4.98 Å². The van der Waals surface area contributed by atoms with Gasteiger partial charge in [-0.05, 0) is 24.2 Å². The molecule has 0 aromatic carbocycles. The Hall–Kier alpha value is -1.96. The second-order valence-electron chi connectivity index (χ2n) is 8.20. The first-order chi connectivity index (χ1) is 13.0. The van der Waals surface area contributed by atoms with Crippen molar-refractivity contribution < 1.29 is 22.7 Å². The summed E-state index contributed by atoms with van der Waals surface area (Å²) in [5.41, 5.74) is 0.581. The summed E-state index contributed by atoms with van der Waals surface area (Å²) in [6.45, 7) is 4.73. The standard InChI is InChI=1S/C20H23F3N2O2S/c1-19(2,3)14(18-24-6-7-28-18)8-16(26)15-9-17(27-11-20(21,22)23)13(10-25-15)12-4-5-12/h6-7,9-10,12,14H,4-5,8,11H2,1-3H3. The molecule has 1 atom stereocenters. The van der Waals surface area contributed by atoms with Gasteiger partial charge in [-0.2, -0.15) is 13.2 Å². The number of aromatic nitrogens is 2. The van der Waals surface area contributed by atoms with E-state index in [1.807, 2.05) is 26.2 Å². The van der Waals surface area contributed by atoms with Crippen molar-refractivity contribution in [2.75, 3.05) is 6.61 Å². The zero-order chi connectivity index (χ0) is 20.5. The van der Waals surface area contributed by atoms with E-state index in [1.165, 1.54) is 23.6 Å². The van der Waals surface area contributed by atoms with Crippen LogP contribution in [0.5, 0.6) is 5.75 Å². The van der Waals surface area contributed by atoms with Crippen LogP contribution in [0.2, 0.25) is 0 Å². The Balaban J connectivity index is 1.82. The minimum Gasteiger partial charge on any atom is -0.484 e. The molecule has 1 saturated carbocycles. The Morgan fingerprint density at radius 2 is 2.00 bits per heavy atom. The van der Waals surface area contributed by atoms with E-state index >= 15 is 0 Å². The third-order valence-electron chi connectivity index (χ3n) is 4.77. The van der Waals surface area contributed by atoms with Gasteiger partial charge in [0.1, 0.15) is 11.4 Å². The van der Waals surface area contributed by atoms with Crippen LogP contribution in [0.15, 0.2) is 23.8 Å². The molecule has 0 radical (unpaired) electrons. The fourth-order valence-corrected chi connectivity index (χ4v) is 4.03. The highest BCUT2D eigenvalue weighted by atomic mass is 32.1. The molecule has 3 rings (SSSR count). The first-order valence-corrected chi connectivity index (χ1v) is 10.0. The highest BCUT2D eigenvalue weighted by Crippen LogP contribution is 2.45. The molecule has 0 bridgehead atoms. The molecule has 2 aromatic heterocycles. The molecule has 0 aliphatic heterocycles. The minimum absolute atomic E-state index is 0.107. The van der Waals surface area contributed by atoms with E-state index in [0.29, 0.717) is 5.56 Å². The molecule has 8 heteroatoms. The maximum absolute atomic E-state index is 12.9. The molecule has 28 heavy (non-hydrogen) atoms. The van der Waals surface area contributed by atoms with Gasteiger partial charge in [-0.3, -0.25) is 9.78 Å². The number of ether oxygens (including phenoxy) is 1. The molecule has 1 fully saturated rings. The fourth-order valence-electron chi connectivity index (χ4n) is 3.05. The van der Waals surface area contributed by atoms with Crippen LogP contribution in [0.25, 0.3) is 0 Å². The van der Waals surface area contributed by atoms with Crippen LogP contribution in [0.3, 0.4) is 0 Å². The van der Waals surface area contributed by atoms with Gasteiger partial charge in [-0.1, -0.05) is 20.8 Å². The van der Waals surface area contributed by atoms with E-state index in [9.17, 15) is 18.0 Å². The number of hydrogen-bond acceptors (Lipinski definition) is 5. The number of thiazole rings is 1. The topological polar surface area (TPSA) is 52.1 Å². The summed E-state index contributed by atoms with van der Waals surface area (Å²) in [6.07, 6.45) is 0.740. The normalized spacial score (nSPS) is 16.1. The van der Waals surface area contributed by atoms with Gasteiger partial charge in [0.2, 0.25) is 0 Å². The predicted molar refractivity (Wildman–Crippen MR) is 101 cm³/mol. The number of halogens is 3. The number of hydrogen-bond donors (Lipinski definition) is 0. The van der Waals surface area contributed by atoms with Gasteiger partial charge in [-0.15, -0.1) is 11.3 Å². The van der Waals surface area contributed by atoms with Crippen molar-refractivity contribution >= 4 is 17.1 Å². The number of carbonyl (C=O) groups is 1. The van der Waals surface area contributed by atoms with E-state index in [0.717, 1.165) is 17.8 Å². The fraction of sp³-hybridized carbons (Fsp3) is 0.550. The molecular weight excluding hydrogens is 389 g/mol. The quantitative estimate of drug-likeness (QED) is 0.543. The summed E-state index contributed by atoms with van der Waals surface area (Å²) in [4.78, 5) is 21.5. The Kier molecular flexibility index (Phi) is 5.79. The number of nitrogens with zero attached hydrogens (tertiary/aromatic N) is 2. The van der Waals surface area contributed by atoms with E-state index < -0.39 is 12.8 Å². The smallest absolute Gasteiger partial charge is 0.422 e. The van der Waals surface area contributed by atoms with E-state index in [4.69, 9.17) is 4.74 Å².